The molecule has 2 rings (SSSR count). The van der Waals surface area contributed by atoms with Crippen molar-refractivity contribution in [3.8, 4) is 0 Å². The highest BCUT2D eigenvalue weighted by Crippen LogP contribution is 2.42. The maximum absolute atomic E-state index is 6.06. The van der Waals surface area contributed by atoms with Gasteiger partial charge < -0.3 is 5.73 Å². The normalized spacial score (nSPS) is 18.8. The minimum absolute atomic E-state index is 0.0149. The van der Waals surface area contributed by atoms with Gasteiger partial charge in [0, 0.05) is 5.54 Å². The van der Waals surface area contributed by atoms with Gasteiger partial charge in [-0.05, 0) is 30.0 Å². The van der Waals surface area contributed by atoms with E-state index in [1.54, 1.807) is 0 Å². The molecule has 0 aliphatic heterocycles. The average molecular weight is 159 g/mol. The van der Waals surface area contributed by atoms with Crippen molar-refractivity contribution in [1.82, 2.24) is 0 Å². The first-order valence-electron chi connectivity index (χ1n) is 4.26. The minimum Gasteiger partial charge on any atom is -0.321 e. The third-order valence-corrected chi connectivity index (χ3v) is 2.49. The summed E-state index contributed by atoms with van der Waals surface area (Å²) in [4.78, 5) is 0. The summed E-state index contributed by atoms with van der Waals surface area (Å²) in [6, 6.07) is 8.31. The Morgan fingerprint density at radius 3 is 2.75 bits per heavy atom. The van der Waals surface area contributed by atoms with Crippen LogP contribution in [0, 0.1) is 0 Å². The number of hydrogen-bond donors (Lipinski definition) is 1. The van der Waals surface area contributed by atoms with Gasteiger partial charge in [-0.25, -0.2) is 0 Å². The summed E-state index contributed by atoms with van der Waals surface area (Å²) >= 11 is 0. The Hall–Kier alpha value is -1.08. The maximum Gasteiger partial charge on any atom is 0.0411 e. The SMILES string of the molecule is C=Cc1cccc(C2(N)CC2)c1. The molecular formula is C11H13N. The highest BCUT2D eigenvalue weighted by atomic mass is 14.8. The first-order chi connectivity index (χ1) is 5.74. The second kappa shape index (κ2) is 2.46. The highest BCUT2D eigenvalue weighted by molar-refractivity contribution is 5.49. The van der Waals surface area contributed by atoms with Crippen LogP contribution in [-0.2, 0) is 5.54 Å². The molecule has 0 atom stereocenters. The molecular weight excluding hydrogens is 146 g/mol. The molecule has 1 fully saturated rings. The van der Waals surface area contributed by atoms with Crippen molar-refractivity contribution in [1.29, 1.82) is 0 Å². The van der Waals surface area contributed by atoms with E-state index in [-0.39, 0.29) is 5.54 Å². The van der Waals surface area contributed by atoms with E-state index in [1.807, 2.05) is 18.2 Å². The first-order valence-corrected chi connectivity index (χ1v) is 4.26. The lowest BCUT2D eigenvalue weighted by atomic mass is 10.0. The van der Waals surface area contributed by atoms with Crippen LogP contribution in [0.3, 0.4) is 0 Å². The summed E-state index contributed by atoms with van der Waals surface area (Å²) in [6.07, 6.45) is 4.09. The Labute approximate surface area is 72.9 Å². The van der Waals surface area contributed by atoms with E-state index in [1.165, 1.54) is 5.56 Å². The van der Waals surface area contributed by atoms with Crippen molar-refractivity contribution in [2.75, 3.05) is 0 Å². The van der Waals surface area contributed by atoms with Crippen LogP contribution in [0.5, 0.6) is 0 Å². The van der Waals surface area contributed by atoms with Crippen LogP contribution in [0.1, 0.15) is 24.0 Å². The Morgan fingerprint density at radius 2 is 2.17 bits per heavy atom. The van der Waals surface area contributed by atoms with E-state index in [9.17, 15) is 0 Å². The topological polar surface area (TPSA) is 26.0 Å². The van der Waals surface area contributed by atoms with Crippen molar-refractivity contribution in [2.24, 2.45) is 5.73 Å². The summed E-state index contributed by atoms with van der Waals surface area (Å²) in [6.45, 7) is 3.73. The molecule has 2 N–H and O–H groups in total. The lowest BCUT2D eigenvalue weighted by molar-refractivity contribution is 0.740. The summed E-state index contributed by atoms with van der Waals surface area (Å²) in [7, 11) is 0. The van der Waals surface area contributed by atoms with Crippen LogP contribution >= 0.6 is 0 Å². The molecule has 0 spiro atoms. The largest absolute Gasteiger partial charge is 0.321 e. The molecule has 62 valence electrons. The maximum atomic E-state index is 6.06. The zero-order valence-electron chi connectivity index (χ0n) is 7.09. The Morgan fingerprint density at radius 1 is 1.42 bits per heavy atom. The zero-order chi connectivity index (χ0) is 8.60. The van der Waals surface area contributed by atoms with Crippen molar-refractivity contribution >= 4 is 6.08 Å². The fourth-order valence-corrected chi connectivity index (χ4v) is 1.40. The molecule has 0 bridgehead atoms. The molecule has 1 aromatic carbocycles. The molecule has 1 aliphatic carbocycles. The van der Waals surface area contributed by atoms with E-state index in [2.05, 4.69) is 18.7 Å². The van der Waals surface area contributed by atoms with E-state index < -0.39 is 0 Å². The molecule has 1 nitrogen and oxygen atoms in total. The third kappa shape index (κ3) is 1.16. The van der Waals surface area contributed by atoms with Gasteiger partial charge in [-0.2, -0.15) is 0 Å². The van der Waals surface area contributed by atoms with Gasteiger partial charge in [-0.3, -0.25) is 0 Å². The molecule has 0 radical (unpaired) electrons. The van der Waals surface area contributed by atoms with Gasteiger partial charge >= 0.3 is 0 Å². The summed E-state index contributed by atoms with van der Waals surface area (Å²) in [5.74, 6) is 0. The van der Waals surface area contributed by atoms with Gasteiger partial charge in [0.2, 0.25) is 0 Å². The fourth-order valence-electron chi connectivity index (χ4n) is 1.40. The average Bonchev–Trinajstić information content (AvgIpc) is 2.85. The molecule has 1 heteroatoms. The van der Waals surface area contributed by atoms with Crippen LogP contribution in [0.4, 0.5) is 0 Å². The Balaban J connectivity index is 2.38. The second-order valence-electron chi connectivity index (χ2n) is 3.49. The lowest BCUT2D eigenvalue weighted by Gasteiger charge is -2.08. The van der Waals surface area contributed by atoms with Crippen molar-refractivity contribution in [3.63, 3.8) is 0 Å². The van der Waals surface area contributed by atoms with Gasteiger partial charge in [0.25, 0.3) is 0 Å². The predicted octanol–water partition coefficient (Wildman–Crippen LogP) is 2.28. The van der Waals surface area contributed by atoms with E-state index in [0.717, 1.165) is 18.4 Å². The predicted molar refractivity (Wildman–Crippen MR) is 51.6 cm³/mol. The molecule has 0 heterocycles. The molecule has 0 saturated heterocycles. The monoisotopic (exact) mass is 159 g/mol. The fraction of sp³-hybridized carbons (Fsp3) is 0.273. The number of rotatable bonds is 2. The standard InChI is InChI=1S/C11H13N/c1-2-9-4-3-5-10(8-9)11(12)6-7-11/h2-5,8H,1,6-7,12H2. The molecule has 1 aliphatic rings. The number of benzene rings is 1. The number of nitrogens with two attached hydrogens (primary N) is 1. The Bertz CT molecular complexity index is 311. The van der Waals surface area contributed by atoms with Gasteiger partial charge in [-0.15, -0.1) is 0 Å². The summed E-state index contributed by atoms with van der Waals surface area (Å²) < 4.78 is 0. The molecule has 1 aromatic rings. The molecule has 0 aromatic heterocycles. The van der Waals surface area contributed by atoms with Crippen LogP contribution < -0.4 is 5.73 Å². The van der Waals surface area contributed by atoms with E-state index >= 15 is 0 Å². The first kappa shape index (κ1) is 7.56. The summed E-state index contributed by atoms with van der Waals surface area (Å²) in [5.41, 5.74) is 8.45. The summed E-state index contributed by atoms with van der Waals surface area (Å²) in [5, 5.41) is 0. The van der Waals surface area contributed by atoms with Crippen LogP contribution in [0.15, 0.2) is 30.8 Å². The second-order valence-corrected chi connectivity index (χ2v) is 3.49. The van der Waals surface area contributed by atoms with Gasteiger partial charge in [0.05, 0.1) is 0 Å². The highest BCUT2D eigenvalue weighted by Gasteiger charge is 2.39. The quantitative estimate of drug-likeness (QED) is 0.703. The van der Waals surface area contributed by atoms with Gasteiger partial charge in [-0.1, -0.05) is 30.9 Å². The van der Waals surface area contributed by atoms with Crippen LogP contribution in [0.25, 0.3) is 6.08 Å². The lowest BCUT2D eigenvalue weighted by Crippen LogP contribution is -2.18. The minimum atomic E-state index is -0.0149. The van der Waals surface area contributed by atoms with Crippen molar-refractivity contribution in [2.45, 2.75) is 18.4 Å². The van der Waals surface area contributed by atoms with Crippen LogP contribution in [0.2, 0.25) is 0 Å². The van der Waals surface area contributed by atoms with Crippen LogP contribution in [-0.4, -0.2) is 0 Å². The molecule has 1 saturated carbocycles. The zero-order valence-corrected chi connectivity index (χ0v) is 7.09. The van der Waals surface area contributed by atoms with Crippen molar-refractivity contribution in [3.05, 3.63) is 42.0 Å². The number of hydrogen-bond acceptors (Lipinski definition) is 1. The van der Waals surface area contributed by atoms with E-state index in [4.69, 9.17) is 5.73 Å². The third-order valence-electron chi connectivity index (χ3n) is 2.49. The smallest absolute Gasteiger partial charge is 0.0411 e. The van der Waals surface area contributed by atoms with E-state index in [0.29, 0.717) is 0 Å². The molecule has 0 unspecified atom stereocenters. The van der Waals surface area contributed by atoms with Gasteiger partial charge in [0.1, 0.15) is 0 Å². The Kier molecular flexibility index (Phi) is 1.55. The van der Waals surface area contributed by atoms with Crippen molar-refractivity contribution < 1.29 is 0 Å². The van der Waals surface area contributed by atoms with Gasteiger partial charge in [0.15, 0.2) is 0 Å². The molecule has 0 amide bonds. The molecule has 12 heavy (non-hydrogen) atoms.